The number of nitro benzene ring substituents is 1. The number of aryl methyl sites for hydroxylation is 1. The van der Waals surface area contributed by atoms with Crippen molar-refractivity contribution in [3.63, 3.8) is 0 Å². The molecule has 0 radical (unpaired) electrons. The zero-order chi connectivity index (χ0) is 24.3. The van der Waals surface area contributed by atoms with Gasteiger partial charge in [-0.1, -0.05) is 48.0 Å². The summed E-state index contributed by atoms with van der Waals surface area (Å²) in [6.45, 7) is 4.10. The lowest BCUT2D eigenvalue weighted by Crippen LogP contribution is -2.48. The van der Waals surface area contributed by atoms with E-state index < -0.39 is 20.4 Å². The number of benzene rings is 3. The molecule has 0 bridgehead atoms. The number of piperazine rings is 1. The summed E-state index contributed by atoms with van der Waals surface area (Å²) in [6, 6.07) is 20.5. The van der Waals surface area contributed by atoms with E-state index in [1.807, 2.05) is 37.3 Å². The van der Waals surface area contributed by atoms with E-state index in [1.54, 1.807) is 29.2 Å². The summed E-state index contributed by atoms with van der Waals surface area (Å²) < 4.78 is 25.9. The van der Waals surface area contributed by atoms with Gasteiger partial charge in [0.25, 0.3) is 11.6 Å². The van der Waals surface area contributed by atoms with Crippen LogP contribution in [-0.2, 0) is 15.6 Å². The molecule has 8 nitrogen and oxygen atoms in total. The van der Waals surface area contributed by atoms with Crippen molar-refractivity contribution in [3.8, 4) is 0 Å². The standard InChI is InChI=1S/C25H25N3O5S/c1-19-7-9-20(10-8-19)18-34(32,33)24-12-11-21(17-23(24)28(30)31)25(29)27-15-13-26(14-16-27)22-5-3-2-4-6-22/h2-12,17H,13-16,18H2,1H3. The molecule has 1 fully saturated rings. The third-order valence-electron chi connectivity index (χ3n) is 5.90. The van der Waals surface area contributed by atoms with Gasteiger partial charge in [0.15, 0.2) is 9.84 Å². The molecule has 9 heteroatoms. The van der Waals surface area contributed by atoms with Crippen LogP contribution in [0.4, 0.5) is 11.4 Å². The highest BCUT2D eigenvalue weighted by Crippen LogP contribution is 2.29. The average molecular weight is 480 g/mol. The molecule has 176 valence electrons. The molecular weight excluding hydrogens is 454 g/mol. The zero-order valence-electron chi connectivity index (χ0n) is 18.8. The summed E-state index contributed by atoms with van der Waals surface area (Å²) >= 11 is 0. The van der Waals surface area contributed by atoms with Crippen molar-refractivity contribution in [1.29, 1.82) is 0 Å². The van der Waals surface area contributed by atoms with E-state index in [0.29, 0.717) is 31.7 Å². The van der Waals surface area contributed by atoms with E-state index in [0.717, 1.165) is 17.3 Å². The lowest BCUT2D eigenvalue weighted by Gasteiger charge is -2.36. The molecule has 0 unspecified atom stereocenters. The zero-order valence-corrected chi connectivity index (χ0v) is 19.6. The molecule has 0 N–H and O–H groups in total. The Bertz CT molecular complexity index is 1300. The maximum absolute atomic E-state index is 13.0. The van der Waals surface area contributed by atoms with E-state index in [2.05, 4.69) is 4.90 Å². The van der Waals surface area contributed by atoms with Gasteiger partial charge in [0.2, 0.25) is 0 Å². The molecule has 1 aliphatic heterocycles. The second-order valence-corrected chi connectivity index (χ2v) is 10.3. The first-order valence-electron chi connectivity index (χ1n) is 10.9. The average Bonchev–Trinajstić information content (AvgIpc) is 2.85. The van der Waals surface area contributed by atoms with Crippen molar-refractivity contribution >= 4 is 27.1 Å². The van der Waals surface area contributed by atoms with Gasteiger partial charge < -0.3 is 9.80 Å². The smallest absolute Gasteiger partial charge is 0.288 e. The first kappa shape index (κ1) is 23.4. The van der Waals surface area contributed by atoms with Gasteiger partial charge in [0, 0.05) is 43.5 Å². The van der Waals surface area contributed by atoms with Crippen molar-refractivity contribution in [2.24, 2.45) is 0 Å². The minimum atomic E-state index is -3.98. The number of hydrogen-bond acceptors (Lipinski definition) is 6. The maximum atomic E-state index is 13.0. The summed E-state index contributed by atoms with van der Waals surface area (Å²) in [5.74, 6) is -0.707. The Morgan fingerprint density at radius 3 is 2.21 bits per heavy atom. The largest absolute Gasteiger partial charge is 0.368 e. The summed E-state index contributed by atoms with van der Waals surface area (Å²) in [6.07, 6.45) is 0. The van der Waals surface area contributed by atoms with Crippen LogP contribution in [-0.4, -0.2) is 50.3 Å². The first-order valence-corrected chi connectivity index (χ1v) is 12.6. The van der Waals surface area contributed by atoms with Crippen LogP contribution in [0.5, 0.6) is 0 Å². The number of carbonyl (C=O) groups excluding carboxylic acids is 1. The number of hydrogen-bond donors (Lipinski definition) is 0. The highest BCUT2D eigenvalue weighted by molar-refractivity contribution is 7.90. The molecule has 1 aliphatic rings. The predicted octanol–water partition coefficient (Wildman–Crippen LogP) is 3.84. The molecule has 0 aromatic heterocycles. The minimum absolute atomic E-state index is 0.106. The number of rotatable bonds is 6. The quantitative estimate of drug-likeness (QED) is 0.393. The van der Waals surface area contributed by atoms with Crippen molar-refractivity contribution in [3.05, 3.63) is 99.6 Å². The number of nitro groups is 1. The molecule has 0 atom stereocenters. The van der Waals surface area contributed by atoms with Crippen LogP contribution in [0.3, 0.4) is 0 Å². The van der Waals surface area contributed by atoms with Gasteiger partial charge in [-0.15, -0.1) is 0 Å². The SMILES string of the molecule is Cc1ccc(CS(=O)(=O)c2ccc(C(=O)N3CCN(c4ccccc4)CC3)cc2[N+](=O)[O-])cc1. The lowest BCUT2D eigenvalue weighted by atomic mass is 10.1. The van der Waals surface area contributed by atoms with Gasteiger partial charge in [-0.2, -0.15) is 0 Å². The molecular formula is C25H25N3O5S. The lowest BCUT2D eigenvalue weighted by molar-refractivity contribution is -0.387. The molecule has 1 saturated heterocycles. The number of sulfone groups is 1. The Labute approximate surface area is 198 Å². The van der Waals surface area contributed by atoms with Crippen LogP contribution < -0.4 is 4.90 Å². The van der Waals surface area contributed by atoms with Crippen molar-refractivity contribution in [1.82, 2.24) is 4.90 Å². The Kier molecular flexibility index (Phi) is 6.65. The molecule has 0 aliphatic carbocycles. The van der Waals surface area contributed by atoms with E-state index in [-0.39, 0.29) is 22.1 Å². The molecule has 3 aromatic carbocycles. The second kappa shape index (κ2) is 9.64. The van der Waals surface area contributed by atoms with Gasteiger partial charge in [0.05, 0.1) is 10.7 Å². The number of carbonyl (C=O) groups is 1. The molecule has 3 aromatic rings. The monoisotopic (exact) mass is 479 g/mol. The van der Waals surface area contributed by atoms with Crippen molar-refractivity contribution < 1.29 is 18.1 Å². The Morgan fingerprint density at radius 2 is 1.59 bits per heavy atom. The molecule has 0 saturated carbocycles. The Morgan fingerprint density at radius 1 is 0.941 bits per heavy atom. The van der Waals surface area contributed by atoms with Crippen LogP contribution >= 0.6 is 0 Å². The van der Waals surface area contributed by atoms with Crippen molar-refractivity contribution in [2.75, 3.05) is 31.1 Å². The highest BCUT2D eigenvalue weighted by atomic mass is 32.2. The number of para-hydroxylation sites is 1. The fourth-order valence-corrected chi connectivity index (χ4v) is 5.54. The Balaban J connectivity index is 1.52. The van der Waals surface area contributed by atoms with E-state index in [1.165, 1.54) is 12.1 Å². The van der Waals surface area contributed by atoms with Crippen molar-refractivity contribution in [2.45, 2.75) is 17.6 Å². The third-order valence-corrected chi connectivity index (χ3v) is 7.63. The molecule has 1 amide bonds. The predicted molar refractivity (Wildman–Crippen MR) is 130 cm³/mol. The van der Waals surface area contributed by atoms with Crippen LogP contribution in [0.15, 0.2) is 77.7 Å². The maximum Gasteiger partial charge on any atom is 0.288 e. The fraction of sp³-hybridized carbons (Fsp3) is 0.240. The molecule has 0 spiro atoms. The number of anilines is 1. The third kappa shape index (κ3) is 5.09. The normalized spacial score (nSPS) is 14.1. The van der Waals surface area contributed by atoms with Gasteiger partial charge >= 0.3 is 0 Å². The first-order chi connectivity index (χ1) is 16.2. The van der Waals surface area contributed by atoms with E-state index in [4.69, 9.17) is 0 Å². The summed E-state index contributed by atoms with van der Waals surface area (Å²) in [5, 5.41) is 11.7. The summed E-state index contributed by atoms with van der Waals surface area (Å²) in [7, 11) is -3.98. The number of amides is 1. The Hall–Kier alpha value is -3.72. The molecule has 1 heterocycles. The molecule has 4 rings (SSSR count). The van der Waals surface area contributed by atoms with Gasteiger partial charge in [0.1, 0.15) is 4.90 Å². The van der Waals surface area contributed by atoms with E-state index >= 15 is 0 Å². The summed E-state index contributed by atoms with van der Waals surface area (Å²) in [5.41, 5.74) is 2.12. The van der Waals surface area contributed by atoms with Crippen LogP contribution in [0.25, 0.3) is 0 Å². The van der Waals surface area contributed by atoms with Gasteiger partial charge in [-0.05, 0) is 36.8 Å². The van der Waals surface area contributed by atoms with Gasteiger partial charge in [-0.25, -0.2) is 8.42 Å². The second-order valence-electron chi connectivity index (χ2n) is 8.30. The number of nitrogens with zero attached hydrogens (tertiary/aromatic N) is 3. The summed E-state index contributed by atoms with van der Waals surface area (Å²) in [4.78, 5) is 27.4. The molecule has 34 heavy (non-hydrogen) atoms. The minimum Gasteiger partial charge on any atom is -0.368 e. The topological polar surface area (TPSA) is 101 Å². The van der Waals surface area contributed by atoms with Crippen LogP contribution in [0, 0.1) is 17.0 Å². The fourth-order valence-electron chi connectivity index (χ4n) is 4.03. The highest BCUT2D eigenvalue weighted by Gasteiger charge is 2.29. The van der Waals surface area contributed by atoms with Crippen LogP contribution in [0.1, 0.15) is 21.5 Å². The van der Waals surface area contributed by atoms with Gasteiger partial charge in [-0.3, -0.25) is 14.9 Å². The van der Waals surface area contributed by atoms with E-state index in [9.17, 15) is 23.3 Å². The van der Waals surface area contributed by atoms with Crippen LogP contribution in [0.2, 0.25) is 0 Å².